The number of carbonyl (C=O) groups excluding carboxylic acids is 12. The van der Waals surface area contributed by atoms with Gasteiger partial charge in [0.05, 0.1) is 153 Å². The zero-order chi connectivity index (χ0) is 108. The maximum absolute atomic E-state index is 12.8. The Morgan fingerprint density at radius 2 is 0.333 bits per heavy atom. The molecule has 12 atom stereocenters. The molecule has 0 amide bonds. The highest BCUT2D eigenvalue weighted by atomic mass is 16.6. The lowest BCUT2D eigenvalue weighted by molar-refractivity contribution is -0.166. The van der Waals surface area contributed by atoms with Gasteiger partial charge in [0.2, 0.25) is 0 Å². The van der Waals surface area contributed by atoms with Gasteiger partial charge in [-0.2, -0.15) is 0 Å². The number of carbonyl (C=O) groups is 18. The minimum absolute atomic E-state index is 0.00518. The van der Waals surface area contributed by atoms with E-state index in [4.69, 9.17) is 56.8 Å². The van der Waals surface area contributed by atoms with E-state index in [2.05, 4.69) is 83.1 Å². The third-order valence-corrected chi connectivity index (χ3v) is 25.5. The lowest BCUT2D eigenvalue weighted by Gasteiger charge is -2.22. The Kier molecular flexibility index (Phi) is 89.7. The van der Waals surface area contributed by atoms with E-state index in [9.17, 15) is 117 Å². The van der Waals surface area contributed by atoms with Crippen LogP contribution >= 0.6 is 0 Å². The third-order valence-electron chi connectivity index (χ3n) is 25.5. The van der Waals surface area contributed by atoms with Crippen molar-refractivity contribution >= 4 is 107 Å². The number of aliphatic carboxylic acids is 6. The van der Waals surface area contributed by atoms with Gasteiger partial charge in [-0.05, 0) is 190 Å². The number of carboxylic acids is 6. The molecule has 0 heterocycles. The molecule has 0 aromatic rings. The van der Waals surface area contributed by atoms with Crippen LogP contribution in [0, 0.1) is 71.0 Å². The average molecular weight is 2060 g/mol. The number of ether oxygens (including phenoxy) is 12. The van der Waals surface area contributed by atoms with Crippen LogP contribution in [0.25, 0.3) is 0 Å². The minimum Gasteiger partial charge on any atom is -0.481 e. The molecular formula is C108H186O36. The molecular weight excluding hydrogens is 1870 g/mol. The Balaban J connectivity index is -0.00000207. The molecule has 0 aliphatic rings. The normalized spacial score (nSPS) is 13.5. The Bertz CT molecular complexity index is 3360. The van der Waals surface area contributed by atoms with Gasteiger partial charge in [0.25, 0.3) is 0 Å². The molecule has 0 spiro atoms. The standard InChI is InChI=1S/3C36H62O12/c1-5-9-17-27(7-3)25-47-32(39)19-13-11-15-21-45-34(41)24-29(35(42)43)30(23-31(37)38)36(44)46-22-16-12-14-20-33(40)48-26-28(8-4)18-10-6-2;1-5-9-17-27(7-3)25-47-33(41)19-13-11-15-21-45-35(43)29(23-31(37)38)30(24-32(39)40)36(44)46-22-16-12-14-20-34(42)48-26-28(8-4)18-10-6-2;1-5-9-17-27(7-3)25-47-31(37)19-13-11-15-21-45-33(39)23-29(35(41)42)30(36(43)44)24-34(40)46-22-16-12-14-20-32(38)48-26-28(8-4)18-10-6-2/h27-30H,5-26H2,1-4H3,(H,37,38)(H,42,43);27-30H,5-26H2,1-4H3,(H,37,38)(H,39,40);27-30H,5-26H2,1-4H3,(H,41,42)(H,43,44). The van der Waals surface area contributed by atoms with Crippen molar-refractivity contribution in [3.8, 4) is 0 Å². The molecule has 6 N–H and O–H groups in total. The molecule has 144 heavy (non-hydrogen) atoms. The van der Waals surface area contributed by atoms with E-state index in [-0.39, 0.29) is 114 Å². The van der Waals surface area contributed by atoms with E-state index in [0.29, 0.717) is 191 Å². The molecule has 0 rings (SSSR count). The lowest BCUT2D eigenvalue weighted by Crippen LogP contribution is -2.36. The van der Waals surface area contributed by atoms with Crippen LogP contribution < -0.4 is 0 Å². The number of esters is 12. The van der Waals surface area contributed by atoms with E-state index in [1.807, 2.05) is 0 Å². The molecule has 0 saturated heterocycles. The van der Waals surface area contributed by atoms with Gasteiger partial charge in [-0.1, -0.05) is 199 Å². The summed E-state index contributed by atoms with van der Waals surface area (Å²) in [5.74, 6) is -23.5. The van der Waals surface area contributed by atoms with Crippen molar-refractivity contribution in [2.24, 2.45) is 71.0 Å². The average Bonchev–Trinajstić information content (AvgIpc) is 0.847. The van der Waals surface area contributed by atoms with Crippen molar-refractivity contribution in [1.29, 1.82) is 0 Å². The van der Waals surface area contributed by atoms with Crippen molar-refractivity contribution in [3.05, 3.63) is 0 Å². The van der Waals surface area contributed by atoms with Crippen LogP contribution in [-0.4, -0.2) is 217 Å². The second-order valence-corrected chi connectivity index (χ2v) is 37.7. The highest BCUT2D eigenvalue weighted by Crippen LogP contribution is 2.29. The van der Waals surface area contributed by atoms with Gasteiger partial charge in [0, 0.05) is 38.5 Å². The first kappa shape index (κ1) is 139. The Labute approximate surface area is 857 Å². The lowest BCUT2D eigenvalue weighted by atomic mass is 9.86. The topological polar surface area (TPSA) is 539 Å². The number of hydrogen-bond donors (Lipinski definition) is 6. The molecule has 0 aliphatic carbocycles. The molecule has 0 aromatic heterocycles. The smallest absolute Gasteiger partial charge is 0.310 e. The maximum Gasteiger partial charge on any atom is 0.310 e. The molecule has 0 bridgehead atoms. The second kappa shape index (κ2) is 93.3. The quantitative estimate of drug-likeness (QED) is 0.0187. The largest absolute Gasteiger partial charge is 0.481 e. The number of unbranched alkanes of at least 4 members (excludes halogenated alkanes) is 18. The summed E-state index contributed by atoms with van der Waals surface area (Å²) >= 11 is 0. The molecule has 0 aliphatic heterocycles. The Hall–Kier alpha value is -9.54. The number of hydrogen-bond acceptors (Lipinski definition) is 30. The first-order valence-electron chi connectivity index (χ1n) is 54.2. The van der Waals surface area contributed by atoms with Crippen LogP contribution in [0.15, 0.2) is 0 Å². The van der Waals surface area contributed by atoms with E-state index in [1.54, 1.807) is 0 Å². The Morgan fingerprint density at radius 3 is 0.486 bits per heavy atom. The summed E-state index contributed by atoms with van der Waals surface area (Å²) in [6.07, 6.45) is 31.2. The summed E-state index contributed by atoms with van der Waals surface area (Å²) in [6.45, 7) is 27.4. The molecule has 0 saturated carbocycles. The van der Waals surface area contributed by atoms with Crippen LogP contribution in [0.5, 0.6) is 0 Å². The fraction of sp³-hybridized carbons (Fsp3) is 0.833. The Morgan fingerprint density at radius 1 is 0.174 bits per heavy atom. The molecule has 36 nitrogen and oxygen atoms in total. The molecule has 36 heteroatoms. The van der Waals surface area contributed by atoms with E-state index < -0.39 is 146 Å². The third kappa shape index (κ3) is 78.8. The van der Waals surface area contributed by atoms with Gasteiger partial charge in [-0.15, -0.1) is 0 Å². The first-order chi connectivity index (χ1) is 68.9. The summed E-state index contributed by atoms with van der Waals surface area (Å²) < 4.78 is 63.2. The SMILES string of the molecule is CCCCC(CC)COC(=O)CCCCCOC(=O)C(CC(=O)O)C(CC(=O)O)C(=O)OCCCCCC(=O)OCC(CC)CCCC.CCCCC(CC)COC(=O)CCCCCOC(=O)CC(C(=O)O)C(CC(=O)O)C(=O)OCCCCCC(=O)OCC(CC)CCCC.CCCCC(CC)COC(=O)CCCCCOC(=O)CC(C(=O)O)C(CC(=O)OCCCCCC(=O)OCC(CC)CCCC)C(=O)O. The van der Waals surface area contributed by atoms with Gasteiger partial charge in [0.15, 0.2) is 0 Å². The maximum atomic E-state index is 12.8. The van der Waals surface area contributed by atoms with Crippen LogP contribution in [0.1, 0.15) is 430 Å². The van der Waals surface area contributed by atoms with Gasteiger partial charge in [-0.25, -0.2) is 0 Å². The van der Waals surface area contributed by atoms with Crippen LogP contribution in [0.3, 0.4) is 0 Å². The summed E-state index contributed by atoms with van der Waals surface area (Å²) in [4.78, 5) is 218. The summed E-state index contributed by atoms with van der Waals surface area (Å²) in [5.41, 5.74) is 0. The fourth-order valence-electron chi connectivity index (χ4n) is 15.4. The molecule has 0 fully saturated rings. The molecule has 12 unspecified atom stereocenters. The number of rotatable bonds is 93. The van der Waals surface area contributed by atoms with Crippen molar-refractivity contribution in [1.82, 2.24) is 0 Å². The van der Waals surface area contributed by atoms with Crippen molar-refractivity contribution in [3.63, 3.8) is 0 Å². The summed E-state index contributed by atoms with van der Waals surface area (Å²) in [7, 11) is 0. The van der Waals surface area contributed by atoms with E-state index in [1.165, 1.54) is 0 Å². The molecule has 834 valence electrons. The van der Waals surface area contributed by atoms with Crippen molar-refractivity contribution < 1.29 is 174 Å². The monoisotopic (exact) mass is 2060 g/mol. The van der Waals surface area contributed by atoms with Crippen LogP contribution in [0.4, 0.5) is 0 Å². The van der Waals surface area contributed by atoms with Gasteiger partial charge in [-0.3, -0.25) is 86.3 Å². The number of carboxylic acid groups (broad SMARTS) is 6. The van der Waals surface area contributed by atoms with Crippen molar-refractivity contribution in [2.45, 2.75) is 430 Å². The van der Waals surface area contributed by atoms with Crippen LogP contribution in [-0.2, 0) is 143 Å². The highest BCUT2D eigenvalue weighted by molar-refractivity contribution is 5.90. The predicted molar refractivity (Wildman–Crippen MR) is 537 cm³/mol. The van der Waals surface area contributed by atoms with Gasteiger partial charge in [0.1, 0.15) is 0 Å². The highest BCUT2D eigenvalue weighted by Gasteiger charge is 2.42. The summed E-state index contributed by atoms with van der Waals surface area (Å²) in [5, 5.41) is 57.0. The first-order valence-corrected chi connectivity index (χ1v) is 54.2. The van der Waals surface area contributed by atoms with E-state index >= 15 is 0 Å². The minimum atomic E-state index is -1.68. The predicted octanol–water partition coefficient (Wildman–Crippen LogP) is 20.7. The van der Waals surface area contributed by atoms with Gasteiger partial charge < -0.3 is 87.5 Å². The molecule has 0 radical (unpaired) electrons. The van der Waals surface area contributed by atoms with Crippen LogP contribution in [0.2, 0.25) is 0 Å². The van der Waals surface area contributed by atoms with Gasteiger partial charge >= 0.3 is 107 Å². The summed E-state index contributed by atoms with van der Waals surface area (Å²) in [6, 6.07) is 0. The van der Waals surface area contributed by atoms with Crippen molar-refractivity contribution in [2.75, 3.05) is 79.3 Å². The van der Waals surface area contributed by atoms with E-state index in [0.717, 1.165) is 154 Å². The fourth-order valence-corrected chi connectivity index (χ4v) is 15.4. The zero-order valence-corrected chi connectivity index (χ0v) is 89.5. The second-order valence-electron chi connectivity index (χ2n) is 37.7. The molecule has 0 aromatic carbocycles. The zero-order valence-electron chi connectivity index (χ0n) is 89.5.